The average Bonchev–Trinajstić information content (AvgIpc) is 2.71. The van der Waals surface area contributed by atoms with Crippen LogP contribution in [-0.4, -0.2) is 88.2 Å². The van der Waals surface area contributed by atoms with E-state index in [1.54, 1.807) is 26.1 Å². The molecule has 7 nitrogen and oxygen atoms in total. The molecule has 1 amide bonds. The highest BCUT2D eigenvalue weighted by Crippen LogP contribution is 2.22. The number of nitrogens with one attached hydrogen (secondary N) is 2. The second-order valence-corrected chi connectivity index (χ2v) is 8.44. The molecule has 2 rings (SSSR count). The standard InChI is InChI=1S/C21H41N5O2.HI/c1-25(2)20(27)17-23-21(22-16-18-8-5-4-6-9-18)24-19-10-13-26(14-11-19)12-7-15-28-3;/h18-19H,4-17H2,1-3H3,(H2,22,23,24);1H. The largest absolute Gasteiger partial charge is 0.385 e. The van der Waals surface area contributed by atoms with Gasteiger partial charge in [0.2, 0.25) is 5.91 Å². The van der Waals surface area contributed by atoms with E-state index in [1.165, 1.54) is 32.1 Å². The van der Waals surface area contributed by atoms with Gasteiger partial charge in [0.15, 0.2) is 5.96 Å². The summed E-state index contributed by atoms with van der Waals surface area (Å²) in [4.78, 5) is 20.6. The van der Waals surface area contributed by atoms with Crippen molar-refractivity contribution in [1.29, 1.82) is 0 Å². The number of likely N-dealkylation sites (tertiary alicyclic amines) is 1. The average molecular weight is 524 g/mol. The molecule has 0 aromatic heterocycles. The number of methoxy groups -OCH3 is 1. The molecule has 0 radical (unpaired) electrons. The molecule has 0 aromatic carbocycles. The Labute approximate surface area is 194 Å². The van der Waals surface area contributed by atoms with Crippen LogP contribution in [0.4, 0.5) is 0 Å². The van der Waals surface area contributed by atoms with Crippen LogP contribution in [0.5, 0.6) is 0 Å². The van der Waals surface area contributed by atoms with Crippen molar-refractivity contribution < 1.29 is 9.53 Å². The highest BCUT2D eigenvalue weighted by atomic mass is 127. The van der Waals surface area contributed by atoms with Gasteiger partial charge < -0.3 is 25.2 Å². The van der Waals surface area contributed by atoms with Crippen LogP contribution in [0, 0.1) is 5.92 Å². The molecule has 1 heterocycles. The number of likely N-dealkylation sites (N-methyl/N-ethyl adjacent to an activating group) is 1. The highest BCUT2D eigenvalue weighted by Gasteiger charge is 2.21. The zero-order valence-corrected chi connectivity index (χ0v) is 21.0. The van der Waals surface area contributed by atoms with Crippen molar-refractivity contribution in [3.63, 3.8) is 0 Å². The van der Waals surface area contributed by atoms with Crippen molar-refractivity contribution in [1.82, 2.24) is 20.4 Å². The Kier molecular flexibility index (Phi) is 13.9. The Morgan fingerprint density at radius 2 is 1.83 bits per heavy atom. The molecule has 2 aliphatic rings. The quantitative estimate of drug-likeness (QED) is 0.210. The molecule has 2 N–H and O–H groups in total. The van der Waals surface area contributed by atoms with Crippen LogP contribution in [0.15, 0.2) is 4.99 Å². The molecule has 1 saturated heterocycles. The van der Waals surface area contributed by atoms with E-state index in [2.05, 4.69) is 20.5 Å². The van der Waals surface area contributed by atoms with Crippen molar-refractivity contribution >= 4 is 35.8 Å². The number of hydrogen-bond acceptors (Lipinski definition) is 4. The molecule has 29 heavy (non-hydrogen) atoms. The molecule has 0 bridgehead atoms. The normalized spacial score (nSPS) is 19.5. The molecule has 0 aromatic rings. The van der Waals surface area contributed by atoms with E-state index in [0.29, 0.717) is 6.04 Å². The van der Waals surface area contributed by atoms with Crippen molar-refractivity contribution in [2.45, 2.75) is 57.4 Å². The van der Waals surface area contributed by atoms with E-state index in [0.717, 1.165) is 63.9 Å². The van der Waals surface area contributed by atoms with Crippen molar-refractivity contribution in [2.24, 2.45) is 10.9 Å². The predicted molar refractivity (Wildman–Crippen MR) is 130 cm³/mol. The maximum atomic E-state index is 12.0. The van der Waals surface area contributed by atoms with Gasteiger partial charge in [0.05, 0.1) is 0 Å². The minimum atomic E-state index is 0. The lowest BCUT2D eigenvalue weighted by molar-refractivity contribution is -0.127. The van der Waals surface area contributed by atoms with E-state index in [1.807, 2.05) is 0 Å². The Morgan fingerprint density at radius 3 is 2.45 bits per heavy atom. The van der Waals surface area contributed by atoms with E-state index < -0.39 is 0 Å². The van der Waals surface area contributed by atoms with E-state index in [4.69, 9.17) is 4.74 Å². The van der Waals surface area contributed by atoms with Crippen molar-refractivity contribution in [2.75, 3.05) is 60.5 Å². The predicted octanol–water partition coefficient (Wildman–Crippen LogP) is 2.31. The molecule has 0 unspecified atom stereocenters. The maximum Gasteiger partial charge on any atom is 0.243 e. The summed E-state index contributed by atoms with van der Waals surface area (Å²) in [7, 11) is 5.32. The Hall–Kier alpha value is -0.610. The molecule has 170 valence electrons. The van der Waals surface area contributed by atoms with Gasteiger partial charge in [-0.05, 0) is 38.0 Å². The number of nitrogens with zero attached hydrogens (tertiary/aromatic N) is 3. The Bertz CT molecular complexity index is 476. The van der Waals surface area contributed by atoms with Gasteiger partial charge in [-0.1, -0.05) is 19.3 Å². The van der Waals surface area contributed by atoms with E-state index in [9.17, 15) is 4.79 Å². The summed E-state index contributed by atoms with van der Waals surface area (Å²) in [5.41, 5.74) is 0. The second-order valence-electron chi connectivity index (χ2n) is 8.44. The lowest BCUT2D eigenvalue weighted by Gasteiger charge is -2.33. The summed E-state index contributed by atoms with van der Waals surface area (Å²) < 4.78 is 5.15. The Morgan fingerprint density at radius 1 is 1.14 bits per heavy atom. The summed E-state index contributed by atoms with van der Waals surface area (Å²) in [5, 5.41) is 7.12. The number of ether oxygens (including phenoxy) is 1. The summed E-state index contributed by atoms with van der Waals surface area (Å²) in [5.74, 6) is 1.57. The smallest absolute Gasteiger partial charge is 0.243 e. The number of rotatable bonds is 9. The minimum absolute atomic E-state index is 0. The first-order valence-corrected chi connectivity index (χ1v) is 11.0. The van der Waals surface area contributed by atoms with E-state index in [-0.39, 0.29) is 36.4 Å². The van der Waals surface area contributed by atoms with Crippen LogP contribution < -0.4 is 10.6 Å². The van der Waals surface area contributed by atoms with Gasteiger partial charge in [-0.15, -0.1) is 24.0 Å². The summed E-state index contributed by atoms with van der Waals surface area (Å²) in [6.07, 6.45) is 9.97. The first-order chi connectivity index (χ1) is 13.6. The van der Waals surface area contributed by atoms with Crippen LogP contribution in [0.2, 0.25) is 0 Å². The van der Waals surface area contributed by atoms with Crippen LogP contribution in [-0.2, 0) is 9.53 Å². The van der Waals surface area contributed by atoms with Gasteiger partial charge in [0.1, 0.15) is 6.54 Å². The van der Waals surface area contributed by atoms with Crippen LogP contribution in [0.1, 0.15) is 51.4 Å². The number of carbonyl (C=O) groups excluding carboxylic acids is 1. The van der Waals surface area contributed by atoms with Gasteiger partial charge in [-0.3, -0.25) is 4.79 Å². The first-order valence-electron chi connectivity index (χ1n) is 11.0. The van der Waals surface area contributed by atoms with Crippen LogP contribution in [0.3, 0.4) is 0 Å². The second kappa shape index (κ2) is 15.2. The molecule has 1 aliphatic carbocycles. The summed E-state index contributed by atoms with van der Waals surface area (Å²) in [6.45, 7) is 5.31. The third-order valence-electron chi connectivity index (χ3n) is 5.91. The van der Waals surface area contributed by atoms with E-state index >= 15 is 0 Å². The molecule has 1 saturated carbocycles. The molecule has 8 heteroatoms. The van der Waals surface area contributed by atoms with Gasteiger partial charge in [0, 0.05) is 60.0 Å². The number of carbonyl (C=O) groups is 1. The summed E-state index contributed by atoms with van der Waals surface area (Å²) >= 11 is 0. The zero-order valence-electron chi connectivity index (χ0n) is 18.6. The van der Waals surface area contributed by atoms with Gasteiger partial charge in [0.25, 0.3) is 0 Å². The van der Waals surface area contributed by atoms with Crippen molar-refractivity contribution in [3.8, 4) is 0 Å². The molecule has 1 aliphatic heterocycles. The first kappa shape index (κ1) is 26.4. The molecule has 2 fully saturated rings. The van der Waals surface area contributed by atoms with Gasteiger partial charge >= 0.3 is 0 Å². The number of piperidine rings is 1. The number of guanidine groups is 1. The van der Waals surface area contributed by atoms with Crippen molar-refractivity contribution in [3.05, 3.63) is 0 Å². The fraction of sp³-hybridized carbons (Fsp3) is 0.905. The van der Waals surface area contributed by atoms with Gasteiger partial charge in [-0.2, -0.15) is 0 Å². The molecule has 0 spiro atoms. The lowest BCUT2D eigenvalue weighted by Crippen LogP contribution is -2.50. The Balaban J connectivity index is 0.00000420. The molecule has 0 atom stereocenters. The number of aliphatic imine (C=N–C) groups is 1. The third-order valence-corrected chi connectivity index (χ3v) is 5.91. The fourth-order valence-electron chi connectivity index (χ4n) is 4.00. The highest BCUT2D eigenvalue weighted by molar-refractivity contribution is 14.0. The monoisotopic (exact) mass is 523 g/mol. The fourth-order valence-corrected chi connectivity index (χ4v) is 4.00. The number of halogens is 1. The molecular formula is C21H42IN5O2. The number of hydrogen-bond donors (Lipinski definition) is 2. The lowest BCUT2D eigenvalue weighted by atomic mass is 9.89. The zero-order chi connectivity index (χ0) is 20.2. The van der Waals surface area contributed by atoms with Crippen LogP contribution >= 0.6 is 24.0 Å². The maximum absolute atomic E-state index is 12.0. The third kappa shape index (κ3) is 10.8. The van der Waals surface area contributed by atoms with Crippen LogP contribution in [0.25, 0.3) is 0 Å². The molecular weight excluding hydrogens is 481 g/mol. The number of amides is 1. The topological polar surface area (TPSA) is 69.2 Å². The SMILES string of the molecule is COCCCN1CCC(NC(=NCC(=O)N(C)C)NCC2CCCCC2)CC1.I. The van der Waals surface area contributed by atoms with Gasteiger partial charge in [-0.25, -0.2) is 4.99 Å². The minimum Gasteiger partial charge on any atom is -0.385 e. The summed E-state index contributed by atoms with van der Waals surface area (Å²) in [6, 6.07) is 0.422.